The van der Waals surface area contributed by atoms with Crippen molar-refractivity contribution in [2.75, 3.05) is 0 Å². The van der Waals surface area contributed by atoms with Crippen molar-refractivity contribution in [2.24, 2.45) is 0 Å². The first kappa shape index (κ1) is 15.2. The van der Waals surface area contributed by atoms with E-state index in [1.807, 2.05) is 0 Å². The molecule has 0 fully saturated rings. The molecule has 0 saturated carbocycles. The maximum atomic E-state index is 13.8. The van der Waals surface area contributed by atoms with Crippen molar-refractivity contribution in [3.05, 3.63) is 57.0 Å². The van der Waals surface area contributed by atoms with Crippen LogP contribution >= 0.6 is 27.5 Å². The summed E-state index contributed by atoms with van der Waals surface area (Å²) >= 11 is 8.79. The monoisotopic (exact) mass is 362 g/mol. The molecule has 1 unspecified atom stereocenters. The van der Waals surface area contributed by atoms with E-state index in [9.17, 15) is 13.9 Å². The van der Waals surface area contributed by atoms with Crippen LogP contribution in [0.3, 0.4) is 0 Å². The van der Waals surface area contributed by atoms with E-state index in [2.05, 4.69) is 15.9 Å². The average Bonchev–Trinajstić information content (AvgIpc) is 2.37. The molecule has 20 heavy (non-hydrogen) atoms. The van der Waals surface area contributed by atoms with Gasteiger partial charge >= 0.3 is 0 Å². The van der Waals surface area contributed by atoms with Gasteiger partial charge in [-0.3, -0.25) is 0 Å². The molecule has 0 heterocycles. The van der Waals surface area contributed by atoms with Crippen LogP contribution in [0.4, 0.5) is 8.78 Å². The Kier molecular flexibility index (Phi) is 4.62. The molecule has 6 heteroatoms. The molecule has 0 saturated heterocycles. The summed E-state index contributed by atoms with van der Waals surface area (Å²) in [5.41, 5.74) is 0.271. The standard InChI is InChI=1S/C14H10BrClF2O2/c1-7(19)8-3-2-4-11(17)14(8)20-13-6-12(18)10(16)5-9(13)15/h2-7,19H,1H3. The van der Waals surface area contributed by atoms with Gasteiger partial charge in [0.15, 0.2) is 11.6 Å². The van der Waals surface area contributed by atoms with Gasteiger partial charge in [0.25, 0.3) is 0 Å². The van der Waals surface area contributed by atoms with Crippen LogP contribution in [0.2, 0.25) is 5.02 Å². The van der Waals surface area contributed by atoms with Gasteiger partial charge in [-0.15, -0.1) is 0 Å². The van der Waals surface area contributed by atoms with Gasteiger partial charge in [0, 0.05) is 11.6 Å². The maximum Gasteiger partial charge on any atom is 0.168 e. The number of hydrogen-bond donors (Lipinski definition) is 1. The lowest BCUT2D eigenvalue weighted by molar-refractivity contribution is 0.194. The van der Waals surface area contributed by atoms with Crippen molar-refractivity contribution in [1.82, 2.24) is 0 Å². The Balaban J connectivity index is 2.47. The molecule has 0 aliphatic heterocycles. The average molecular weight is 364 g/mol. The number of aliphatic hydroxyl groups is 1. The highest BCUT2D eigenvalue weighted by Crippen LogP contribution is 2.37. The Morgan fingerprint density at radius 1 is 1.25 bits per heavy atom. The molecule has 2 aromatic carbocycles. The molecule has 1 atom stereocenters. The number of para-hydroxylation sites is 1. The Morgan fingerprint density at radius 2 is 1.95 bits per heavy atom. The van der Waals surface area contributed by atoms with Gasteiger partial charge in [-0.1, -0.05) is 23.7 Å². The molecule has 0 spiro atoms. The smallest absolute Gasteiger partial charge is 0.168 e. The summed E-state index contributed by atoms with van der Waals surface area (Å²) in [6.45, 7) is 1.49. The second-order valence-electron chi connectivity index (χ2n) is 4.13. The van der Waals surface area contributed by atoms with Gasteiger partial charge in [0.2, 0.25) is 0 Å². The van der Waals surface area contributed by atoms with E-state index in [1.54, 1.807) is 0 Å². The van der Waals surface area contributed by atoms with Gasteiger partial charge in [0.05, 0.1) is 15.6 Å². The summed E-state index contributed by atoms with van der Waals surface area (Å²) in [5.74, 6) is -1.41. The van der Waals surface area contributed by atoms with Crippen molar-refractivity contribution in [2.45, 2.75) is 13.0 Å². The van der Waals surface area contributed by atoms with Crippen molar-refractivity contribution >= 4 is 27.5 Å². The number of aliphatic hydroxyl groups excluding tert-OH is 1. The second-order valence-corrected chi connectivity index (χ2v) is 5.39. The molecule has 106 valence electrons. The lowest BCUT2D eigenvalue weighted by Gasteiger charge is -2.15. The van der Waals surface area contributed by atoms with Gasteiger partial charge < -0.3 is 9.84 Å². The van der Waals surface area contributed by atoms with Gasteiger partial charge in [0.1, 0.15) is 11.6 Å². The van der Waals surface area contributed by atoms with Crippen molar-refractivity contribution < 1.29 is 18.6 Å². The van der Waals surface area contributed by atoms with Crippen LogP contribution in [0.25, 0.3) is 0 Å². The second kappa shape index (κ2) is 6.08. The summed E-state index contributed by atoms with van der Waals surface area (Å²) in [7, 11) is 0. The normalized spacial score (nSPS) is 12.3. The molecule has 0 bridgehead atoms. The number of rotatable bonds is 3. The van der Waals surface area contributed by atoms with E-state index < -0.39 is 17.7 Å². The van der Waals surface area contributed by atoms with Crippen molar-refractivity contribution in [3.8, 4) is 11.5 Å². The third kappa shape index (κ3) is 3.11. The molecule has 0 radical (unpaired) electrons. The predicted molar refractivity (Wildman–Crippen MR) is 76.2 cm³/mol. The van der Waals surface area contributed by atoms with Gasteiger partial charge in [-0.2, -0.15) is 0 Å². The highest BCUT2D eigenvalue weighted by molar-refractivity contribution is 9.10. The fourth-order valence-corrected chi connectivity index (χ4v) is 2.37. The molecule has 2 aromatic rings. The first-order valence-electron chi connectivity index (χ1n) is 5.69. The first-order chi connectivity index (χ1) is 9.40. The number of hydrogen-bond acceptors (Lipinski definition) is 2. The zero-order valence-electron chi connectivity index (χ0n) is 10.3. The highest BCUT2D eigenvalue weighted by Gasteiger charge is 2.17. The van der Waals surface area contributed by atoms with Crippen LogP contribution < -0.4 is 4.74 Å². The van der Waals surface area contributed by atoms with E-state index >= 15 is 0 Å². The zero-order chi connectivity index (χ0) is 14.9. The summed E-state index contributed by atoms with van der Waals surface area (Å²) in [6.07, 6.45) is -0.920. The van der Waals surface area contributed by atoms with E-state index in [0.717, 1.165) is 6.07 Å². The molecule has 1 N–H and O–H groups in total. The lowest BCUT2D eigenvalue weighted by Crippen LogP contribution is -1.99. The minimum Gasteiger partial charge on any atom is -0.453 e. The number of halogens is 4. The van der Waals surface area contributed by atoms with E-state index in [4.69, 9.17) is 16.3 Å². The van der Waals surface area contributed by atoms with E-state index in [1.165, 1.54) is 31.2 Å². The van der Waals surface area contributed by atoms with Crippen molar-refractivity contribution in [1.29, 1.82) is 0 Å². The summed E-state index contributed by atoms with van der Waals surface area (Å²) in [4.78, 5) is 0. The first-order valence-corrected chi connectivity index (χ1v) is 6.86. The zero-order valence-corrected chi connectivity index (χ0v) is 12.7. The van der Waals surface area contributed by atoms with Gasteiger partial charge in [-0.05, 0) is 35.0 Å². The van der Waals surface area contributed by atoms with Gasteiger partial charge in [-0.25, -0.2) is 8.78 Å². The van der Waals surface area contributed by atoms with Crippen LogP contribution in [-0.4, -0.2) is 5.11 Å². The minimum atomic E-state index is -0.920. The molecular weight excluding hydrogens is 354 g/mol. The van der Waals surface area contributed by atoms with Crippen LogP contribution in [0.15, 0.2) is 34.8 Å². The SMILES string of the molecule is CC(O)c1cccc(F)c1Oc1cc(F)c(Cl)cc1Br. The molecule has 2 nitrogen and oxygen atoms in total. The molecule has 0 amide bonds. The summed E-state index contributed by atoms with van der Waals surface area (Å²) < 4.78 is 33.0. The minimum absolute atomic E-state index is 0.0684. The van der Waals surface area contributed by atoms with E-state index in [-0.39, 0.29) is 22.1 Å². The summed E-state index contributed by atoms with van der Waals surface area (Å²) in [6, 6.07) is 6.55. The molecular formula is C14H10BrClF2O2. The Labute approximate surface area is 128 Å². The number of benzene rings is 2. The van der Waals surface area contributed by atoms with E-state index in [0.29, 0.717) is 4.47 Å². The van der Waals surface area contributed by atoms with Crippen LogP contribution in [0, 0.1) is 11.6 Å². The largest absolute Gasteiger partial charge is 0.453 e. The Bertz CT molecular complexity index is 647. The highest BCUT2D eigenvalue weighted by atomic mass is 79.9. The third-order valence-corrected chi connectivity index (χ3v) is 3.54. The topological polar surface area (TPSA) is 29.5 Å². The fourth-order valence-electron chi connectivity index (χ4n) is 1.65. The third-order valence-electron chi connectivity index (χ3n) is 2.63. The lowest BCUT2D eigenvalue weighted by atomic mass is 10.1. The Hall–Kier alpha value is -1.17. The summed E-state index contributed by atoms with van der Waals surface area (Å²) in [5, 5.41) is 9.55. The molecule has 2 rings (SSSR count). The molecule has 0 aromatic heterocycles. The van der Waals surface area contributed by atoms with Crippen molar-refractivity contribution in [3.63, 3.8) is 0 Å². The van der Waals surface area contributed by atoms with Crippen LogP contribution in [0.5, 0.6) is 11.5 Å². The Morgan fingerprint density at radius 3 is 2.60 bits per heavy atom. The fraction of sp³-hybridized carbons (Fsp3) is 0.143. The molecule has 0 aliphatic rings. The van der Waals surface area contributed by atoms with Crippen LogP contribution in [0.1, 0.15) is 18.6 Å². The predicted octanol–water partition coefficient (Wildman–Crippen LogP) is 5.23. The quantitative estimate of drug-likeness (QED) is 0.757. The number of ether oxygens (including phenoxy) is 1. The van der Waals surface area contributed by atoms with Crippen LogP contribution in [-0.2, 0) is 0 Å². The maximum absolute atomic E-state index is 13.8. The molecule has 0 aliphatic carbocycles.